The summed E-state index contributed by atoms with van der Waals surface area (Å²) in [5.74, 6) is -1.25. The van der Waals surface area contributed by atoms with E-state index >= 15 is 0 Å². The van der Waals surface area contributed by atoms with Gasteiger partial charge in [-0.1, -0.05) is 65.7 Å². The van der Waals surface area contributed by atoms with Crippen molar-refractivity contribution >= 4 is 50.8 Å². The van der Waals surface area contributed by atoms with E-state index in [0.29, 0.717) is 17.1 Å². The number of nitrogens with zero attached hydrogens (tertiary/aromatic N) is 1. The predicted octanol–water partition coefficient (Wildman–Crippen LogP) is 4.85. The summed E-state index contributed by atoms with van der Waals surface area (Å²) in [5, 5.41) is 3.19. The van der Waals surface area contributed by atoms with E-state index in [1.807, 2.05) is 18.2 Å². The lowest BCUT2D eigenvalue weighted by Gasteiger charge is -2.36. The number of rotatable bonds is 7. The molecule has 4 rings (SSSR count). The van der Waals surface area contributed by atoms with Crippen molar-refractivity contribution in [3.8, 4) is 0 Å². The van der Waals surface area contributed by atoms with Crippen LogP contribution in [0.5, 0.6) is 0 Å². The molecule has 0 aliphatic carbocycles. The average molecular weight is 533 g/mol. The molecule has 35 heavy (non-hydrogen) atoms. The topological polar surface area (TPSA) is 92.8 Å². The Balaban J connectivity index is 1.48. The third-order valence-electron chi connectivity index (χ3n) is 5.64. The fraction of sp³-hybridized carbons (Fsp3) is 0.200. The molecule has 0 radical (unpaired) electrons. The lowest BCUT2D eigenvalue weighted by molar-refractivity contribution is -0.148. The Morgan fingerprint density at radius 2 is 1.69 bits per heavy atom. The summed E-state index contributed by atoms with van der Waals surface area (Å²) < 4.78 is 33.3. The number of amides is 1. The molecule has 1 heterocycles. The fourth-order valence-corrected chi connectivity index (χ4v) is 5.91. The number of hydrogen-bond acceptors (Lipinski definition) is 5. The second kappa shape index (κ2) is 10.8. The Morgan fingerprint density at radius 3 is 2.43 bits per heavy atom. The van der Waals surface area contributed by atoms with Gasteiger partial charge < -0.3 is 10.1 Å². The monoisotopic (exact) mass is 532 g/mol. The number of sulfonamides is 1. The Bertz CT molecular complexity index is 1350. The number of hydrogen-bond donors (Lipinski definition) is 1. The van der Waals surface area contributed by atoms with E-state index in [9.17, 15) is 18.0 Å². The molecule has 3 aromatic rings. The molecule has 0 bridgehead atoms. The van der Waals surface area contributed by atoms with E-state index in [-0.39, 0.29) is 22.9 Å². The minimum atomic E-state index is -3.86. The molecule has 1 aliphatic heterocycles. The van der Waals surface area contributed by atoms with Crippen molar-refractivity contribution < 1.29 is 22.7 Å². The first-order valence-electron chi connectivity index (χ1n) is 10.8. The Labute approximate surface area is 213 Å². The molecule has 0 saturated carbocycles. The van der Waals surface area contributed by atoms with Gasteiger partial charge in [0.1, 0.15) is 0 Å². The SMILES string of the molecule is O=C(COC(=O)CC1c2ccccc2CCN1S(=O)(=O)c1ccccc1)Nc1ccc(Cl)c(Cl)c1. The number of fused-ring (bicyclic) bond motifs is 1. The molecule has 1 amide bonds. The zero-order valence-electron chi connectivity index (χ0n) is 18.5. The molecule has 0 saturated heterocycles. The Morgan fingerprint density at radius 1 is 0.971 bits per heavy atom. The number of anilines is 1. The molecular formula is C25H22Cl2N2O5S. The molecule has 182 valence electrons. The first-order valence-corrected chi connectivity index (χ1v) is 13.0. The molecule has 0 aromatic heterocycles. The number of nitrogens with one attached hydrogen (secondary N) is 1. The molecule has 3 aromatic carbocycles. The number of benzene rings is 3. The van der Waals surface area contributed by atoms with Crippen LogP contribution in [0.1, 0.15) is 23.6 Å². The molecule has 10 heteroatoms. The van der Waals surface area contributed by atoms with Crippen LogP contribution >= 0.6 is 23.2 Å². The van der Waals surface area contributed by atoms with Crippen molar-refractivity contribution in [3.63, 3.8) is 0 Å². The Hall–Kier alpha value is -2.91. The van der Waals surface area contributed by atoms with Gasteiger partial charge in [-0.25, -0.2) is 8.42 Å². The number of esters is 1. The summed E-state index contributed by atoms with van der Waals surface area (Å²) in [5.41, 5.74) is 2.12. The van der Waals surface area contributed by atoms with Gasteiger partial charge in [-0.05, 0) is 47.9 Å². The zero-order chi connectivity index (χ0) is 25.0. The summed E-state index contributed by atoms with van der Waals surface area (Å²) in [6, 6.07) is 19.4. The number of halogens is 2. The maximum Gasteiger partial charge on any atom is 0.308 e. The highest BCUT2D eigenvalue weighted by Gasteiger charge is 2.37. The highest BCUT2D eigenvalue weighted by Crippen LogP contribution is 2.36. The summed E-state index contributed by atoms with van der Waals surface area (Å²) in [6.07, 6.45) is 0.295. The Kier molecular flexibility index (Phi) is 7.76. The van der Waals surface area contributed by atoms with Crippen LogP contribution in [0.15, 0.2) is 77.7 Å². The van der Waals surface area contributed by atoms with Gasteiger partial charge in [0.05, 0.1) is 27.4 Å². The van der Waals surface area contributed by atoms with Crippen LogP contribution in [0.2, 0.25) is 10.0 Å². The minimum Gasteiger partial charge on any atom is -0.456 e. The van der Waals surface area contributed by atoms with Crippen molar-refractivity contribution in [1.82, 2.24) is 4.31 Å². The third kappa shape index (κ3) is 5.85. The summed E-state index contributed by atoms with van der Waals surface area (Å²) in [6.45, 7) is -0.303. The van der Waals surface area contributed by atoms with Gasteiger partial charge in [0, 0.05) is 12.2 Å². The number of carbonyl (C=O) groups excluding carboxylic acids is 2. The van der Waals surface area contributed by atoms with Crippen LogP contribution < -0.4 is 5.32 Å². The molecule has 1 unspecified atom stereocenters. The fourth-order valence-electron chi connectivity index (χ4n) is 3.99. The van der Waals surface area contributed by atoms with Gasteiger partial charge in [-0.2, -0.15) is 4.31 Å². The van der Waals surface area contributed by atoms with Crippen molar-refractivity contribution in [3.05, 3.63) is 94.0 Å². The van der Waals surface area contributed by atoms with Crippen LogP contribution in [0.4, 0.5) is 5.69 Å². The molecule has 0 fully saturated rings. The van der Waals surface area contributed by atoms with Gasteiger partial charge in [0.25, 0.3) is 5.91 Å². The van der Waals surface area contributed by atoms with Crippen LogP contribution in [-0.2, 0) is 30.8 Å². The zero-order valence-corrected chi connectivity index (χ0v) is 20.8. The van der Waals surface area contributed by atoms with Crippen LogP contribution in [0.25, 0.3) is 0 Å². The van der Waals surface area contributed by atoms with Crippen molar-refractivity contribution in [1.29, 1.82) is 0 Å². The first kappa shape index (κ1) is 25.2. The lowest BCUT2D eigenvalue weighted by Crippen LogP contribution is -2.41. The molecular weight excluding hydrogens is 511 g/mol. The average Bonchev–Trinajstić information content (AvgIpc) is 2.85. The van der Waals surface area contributed by atoms with Crippen LogP contribution in [0.3, 0.4) is 0 Å². The van der Waals surface area contributed by atoms with Crippen molar-refractivity contribution in [2.24, 2.45) is 0 Å². The van der Waals surface area contributed by atoms with Gasteiger partial charge >= 0.3 is 5.97 Å². The van der Waals surface area contributed by atoms with Gasteiger partial charge in [-0.3, -0.25) is 9.59 Å². The van der Waals surface area contributed by atoms with E-state index < -0.39 is 34.5 Å². The molecule has 7 nitrogen and oxygen atoms in total. The van der Waals surface area contributed by atoms with E-state index in [4.69, 9.17) is 27.9 Å². The molecule has 1 atom stereocenters. The van der Waals surface area contributed by atoms with E-state index in [0.717, 1.165) is 11.1 Å². The highest BCUT2D eigenvalue weighted by molar-refractivity contribution is 7.89. The smallest absolute Gasteiger partial charge is 0.308 e. The number of carbonyl (C=O) groups is 2. The van der Waals surface area contributed by atoms with Gasteiger partial charge in [-0.15, -0.1) is 0 Å². The van der Waals surface area contributed by atoms with Gasteiger partial charge in [0.15, 0.2) is 6.61 Å². The van der Waals surface area contributed by atoms with E-state index in [1.165, 1.54) is 28.6 Å². The lowest BCUT2D eigenvalue weighted by atomic mass is 9.92. The van der Waals surface area contributed by atoms with Crippen molar-refractivity contribution in [2.45, 2.75) is 23.8 Å². The summed E-state index contributed by atoms with van der Waals surface area (Å²) in [4.78, 5) is 25.1. The van der Waals surface area contributed by atoms with Gasteiger partial charge in [0.2, 0.25) is 10.0 Å². The minimum absolute atomic E-state index is 0.152. The maximum atomic E-state index is 13.4. The molecule has 0 spiro atoms. The first-order chi connectivity index (χ1) is 16.8. The summed E-state index contributed by atoms with van der Waals surface area (Å²) >= 11 is 11.8. The number of ether oxygens (including phenoxy) is 1. The second-order valence-electron chi connectivity index (χ2n) is 7.94. The molecule has 1 aliphatic rings. The highest BCUT2D eigenvalue weighted by atomic mass is 35.5. The summed E-state index contributed by atoms with van der Waals surface area (Å²) in [7, 11) is -3.86. The largest absolute Gasteiger partial charge is 0.456 e. The van der Waals surface area contributed by atoms with E-state index in [1.54, 1.807) is 30.3 Å². The predicted molar refractivity (Wildman–Crippen MR) is 134 cm³/mol. The standard InChI is InChI=1S/C25H22Cl2N2O5S/c26-21-11-10-18(14-22(21)27)28-24(30)16-34-25(31)15-23-20-9-5-4-6-17(20)12-13-29(23)35(32,33)19-7-2-1-3-8-19/h1-11,14,23H,12-13,15-16H2,(H,28,30). The molecule has 1 N–H and O–H groups in total. The quantitative estimate of drug-likeness (QED) is 0.439. The third-order valence-corrected chi connectivity index (χ3v) is 8.30. The second-order valence-corrected chi connectivity index (χ2v) is 10.6. The van der Waals surface area contributed by atoms with Crippen molar-refractivity contribution in [2.75, 3.05) is 18.5 Å². The van der Waals surface area contributed by atoms with Crippen LogP contribution in [-0.4, -0.2) is 37.8 Å². The normalized spacial score (nSPS) is 15.8. The van der Waals surface area contributed by atoms with Crippen LogP contribution in [0, 0.1) is 0 Å². The van der Waals surface area contributed by atoms with E-state index in [2.05, 4.69) is 5.32 Å². The maximum absolute atomic E-state index is 13.4.